The summed E-state index contributed by atoms with van der Waals surface area (Å²) in [5, 5.41) is 45.0. The maximum Gasteiger partial charge on any atom is 0.446 e. The maximum atomic E-state index is 13.8. The Kier molecular flexibility index (Phi) is 5.81. The van der Waals surface area contributed by atoms with Gasteiger partial charge in [-0.3, -0.25) is 23.8 Å². The number of Topliss-reactive ketones (excluding diaryl/α,β-unsaturated/α-hetero) is 2. The van der Waals surface area contributed by atoms with Gasteiger partial charge in [-0.25, -0.2) is 0 Å². The van der Waals surface area contributed by atoms with E-state index in [9.17, 15) is 43.2 Å². The fourth-order valence-corrected chi connectivity index (χ4v) is 6.11. The molecule has 0 radical (unpaired) electrons. The zero-order valence-corrected chi connectivity index (χ0v) is 20.1. The normalized spacial score (nSPS) is 32.2. The Morgan fingerprint density at radius 1 is 1.19 bits per heavy atom. The predicted octanol–water partition coefficient (Wildman–Crippen LogP) is -1.03. The lowest BCUT2D eigenvalue weighted by Crippen LogP contribution is -2.70. The first-order valence-corrected chi connectivity index (χ1v) is 12.0. The van der Waals surface area contributed by atoms with Crippen LogP contribution in [0.4, 0.5) is 0 Å². The van der Waals surface area contributed by atoms with Crippen LogP contribution in [0.2, 0.25) is 0 Å². The van der Waals surface area contributed by atoms with E-state index < -0.39 is 91.8 Å². The molecule has 7 N–H and O–H groups in total. The van der Waals surface area contributed by atoms with Crippen LogP contribution < -0.4 is 9.92 Å². The second-order valence-corrected chi connectivity index (χ2v) is 10.3. The van der Waals surface area contributed by atoms with Crippen molar-refractivity contribution >= 4 is 33.6 Å². The zero-order chi connectivity index (χ0) is 27.1. The van der Waals surface area contributed by atoms with E-state index in [-0.39, 0.29) is 11.1 Å². The van der Waals surface area contributed by atoms with Crippen molar-refractivity contribution in [3.8, 4) is 5.75 Å². The van der Waals surface area contributed by atoms with Gasteiger partial charge in [0.15, 0.2) is 17.1 Å². The topological polar surface area (TPSA) is 225 Å². The number of benzene rings is 1. The summed E-state index contributed by atoms with van der Waals surface area (Å²) in [6.45, 7) is 1.55. The van der Waals surface area contributed by atoms with Crippen LogP contribution >= 0.6 is 0 Å². The van der Waals surface area contributed by atoms with E-state index in [1.54, 1.807) is 6.92 Å². The van der Waals surface area contributed by atoms with Gasteiger partial charge in [-0.1, -0.05) is 19.1 Å². The lowest BCUT2D eigenvalue weighted by atomic mass is 9.54. The third kappa shape index (κ3) is 3.37. The number of likely N-dealkylation sites (N-methyl/N-ethyl adjacent to an activating group) is 1. The molecule has 1 amide bonds. The van der Waals surface area contributed by atoms with Gasteiger partial charge in [0, 0.05) is 11.5 Å². The SMILES string of the molecule is C[C@H]1c2cccc(OS(=O)(=O)O)c2C(O)=C2C(=O)[C@]3(O)C(O)=C(C(N)=O)C(=O)[C@@H](N(C)C)[C@@H]3[C@@H](O)[C@@H]21. The van der Waals surface area contributed by atoms with Crippen LogP contribution in [-0.4, -0.2) is 87.6 Å². The molecule has 194 valence electrons. The third-order valence-electron chi connectivity index (χ3n) is 7.17. The van der Waals surface area contributed by atoms with Gasteiger partial charge in [-0.15, -0.1) is 0 Å². The Morgan fingerprint density at radius 3 is 2.33 bits per heavy atom. The van der Waals surface area contributed by atoms with Crippen molar-refractivity contribution in [3.05, 3.63) is 46.2 Å². The van der Waals surface area contributed by atoms with Crippen molar-refractivity contribution in [1.29, 1.82) is 0 Å². The smallest absolute Gasteiger partial charge is 0.446 e. The lowest BCUT2D eigenvalue weighted by Gasteiger charge is -2.53. The average molecular weight is 525 g/mol. The summed E-state index contributed by atoms with van der Waals surface area (Å²) in [4.78, 5) is 40.2. The van der Waals surface area contributed by atoms with E-state index in [0.717, 1.165) is 6.07 Å². The summed E-state index contributed by atoms with van der Waals surface area (Å²) in [5.41, 5.74) is 0.542. The van der Waals surface area contributed by atoms with E-state index in [2.05, 4.69) is 4.18 Å². The molecule has 0 bridgehead atoms. The number of hydrogen-bond acceptors (Lipinski definition) is 11. The number of carbonyl (C=O) groups is 3. The molecule has 0 unspecified atom stereocenters. The number of rotatable bonds is 4. The molecular weight excluding hydrogens is 500 g/mol. The molecule has 0 spiro atoms. The molecule has 1 fully saturated rings. The number of nitrogens with zero attached hydrogens (tertiary/aromatic N) is 1. The number of aliphatic hydroxyl groups is 4. The molecule has 0 heterocycles. The average Bonchev–Trinajstić information content (AvgIpc) is 2.75. The molecule has 14 heteroatoms. The number of hydrogen-bond donors (Lipinski definition) is 6. The lowest BCUT2D eigenvalue weighted by molar-refractivity contribution is -0.169. The molecule has 1 saturated carbocycles. The first-order valence-electron chi connectivity index (χ1n) is 10.7. The van der Waals surface area contributed by atoms with Crippen molar-refractivity contribution in [2.75, 3.05) is 14.1 Å². The van der Waals surface area contributed by atoms with Crippen LogP contribution in [-0.2, 0) is 24.8 Å². The van der Waals surface area contributed by atoms with Crippen LogP contribution in [0.25, 0.3) is 5.76 Å². The molecule has 36 heavy (non-hydrogen) atoms. The van der Waals surface area contributed by atoms with Crippen LogP contribution in [0.3, 0.4) is 0 Å². The summed E-state index contributed by atoms with van der Waals surface area (Å²) in [5.74, 6) is -10.2. The van der Waals surface area contributed by atoms with Gasteiger partial charge in [0.1, 0.15) is 17.1 Å². The Labute approximate surface area is 205 Å². The molecule has 13 nitrogen and oxygen atoms in total. The van der Waals surface area contributed by atoms with Crippen molar-refractivity contribution in [1.82, 2.24) is 4.90 Å². The number of primary amides is 1. The van der Waals surface area contributed by atoms with Crippen molar-refractivity contribution in [2.45, 2.75) is 30.6 Å². The predicted molar refractivity (Wildman–Crippen MR) is 121 cm³/mol. The quantitative estimate of drug-likeness (QED) is 0.205. The molecule has 3 aliphatic carbocycles. The van der Waals surface area contributed by atoms with E-state index >= 15 is 0 Å². The second kappa shape index (κ2) is 8.11. The number of carbonyl (C=O) groups excluding carboxylic acids is 3. The van der Waals surface area contributed by atoms with Gasteiger partial charge in [0.2, 0.25) is 5.78 Å². The fourth-order valence-electron chi connectivity index (χ4n) is 5.75. The highest BCUT2D eigenvalue weighted by Crippen LogP contribution is 2.56. The monoisotopic (exact) mass is 524 g/mol. The number of amides is 1. The van der Waals surface area contributed by atoms with E-state index in [1.165, 1.54) is 31.1 Å². The number of nitrogens with two attached hydrogens (primary N) is 1. The van der Waals surface area contributed by atoms with Gasteiger partial charge < -0.3 is 30.3 Å². The molecule has 0 saturated heterocycles. The highest BCUT2D eigenvalue weighted by atomic mass is 32.3. The highest BCUT2D eigenvalue weighted by molar-refractivity contribution is 7.81. The molecule has 1 aromatic rings. The Balaban J connectivity index is 2.05. The molecule has 3 aliphatic rings. The van der Waals surface area contributed by atoms with E-state index in [0.29, 0.717) is 0 Å². The highest BCUT2D eigenvalue weighted by Gasteiger charge is 2.68. The van der Waals surface area contributed by atoms with E-state index in [1.807, 2.05) is 0 Å². The van der Waals surface area contributed by atoms with Crippen LogP contribution in [0, 0.1) is 11.8 Å². The van der Waals surface area contributed by atoms with Gasteiger partial charge in [0.25, 0.3) is 5.91 Å². The molecule has 4 rings (SSSR count). The standard InChI is InChI=1S/C22H24N2O11S/c1-7-8-5-4-6-9(35-36(32,33)34)11(8)16(25)12-10(7)17(26)14-15(24(2)3)18(27)13(21(23)30)20(29)22(14,31)19(12)28/h4-7,10,14-15,17,25-26,29,31H,1-3H3,(H2,23,30)(H,32,33,34)/t7-,10+,14+,15-,17-,22-/m0/s1. The minimum Gasteiger partial charge on any atom is -0.508 e. The van der Waals surface area contributed by atoms with Gasteiger partial charge in [0.05, 0.1) is 23.6 Å². The second-order valence-electron chi connectivity index (χ2n) is 9.28. The fraction of sp³-hybridized carbons (Fsp3) is 0.409. The number of aliphatic hydroxyl groups excluding tert-OH is 3. The zero-order valence-electron chi connectivity index (χ0n) is 19.2. The van der Waals surface area contributed by atoms with Crippen LogP contribution in [0.15, 0.2) is 35.1 Å². The first-order chi connectivity index (χ1) is 16.6. The molecule has 0 aromatic heterocycles. The van der Waals surface area contributed by atoms with Gasteiger partial charge >= 0.3 is 10.4 Å². The molecular formula is C22H24N2O11S. The molecule has 1 aromatic carbocycles. The Hall–Kier alpha value is -3.30. The van der Waals surface area contributed by atoms with Crippen molar-refractivity contribution < 1.29 is 52.0 Å². The maximum absolute atomic E-state index is 13.8. The third-order valence-corrected chi connectivity index (χ3v) is 7.56. The summed E-state index contributed by atoms with van der Waals surface area (Å²) >= 11 is 0. The van der Waals surface area contributed by atoms with Crippen molar-refractivity contribution in [2.24, 2.45) is 17.6 Å². The van der Waals surface area contributed by atoms with Crippen molar-refractivity contribution in [3.63, 3.8) is 0 Å². The Bertz CT molecular complexity index is 1380. The minimum absolute atomic E-state index is 0.237. The number of ketones is 2. The Morgan fingerprint density at radius 2 is 1.81 bits per heavy atom. The van der Waals surface area contributed by atoms with Gasteiger partial charge in [-0.2, -0.15) is 8.42 Å². The van der Waals surface area contributed by atoms with Crippen LogP contribution in [0.1, 0.15) is 24.0 Å². The number of fused-ring (bicyclic) bond motifs is 3. The summed E-state index contributed by atoms with van der Waals surface area (Å²) in [6, 6.07) is 2.47. The van der Waals surface area contributed by atoms with Gasteiger partial charge in [-0.05, 0) is 31.6 Å². The largest absolute Gasteiger partial charge is 0.508 e. The molecule has 6 atom stereocenters. The molecule has 0 aliphatic heterocycles. The summed E-state index contributed by atoms with van der Waals surface area (Å²) < 4.78 is 36.4. The minimum atomic E-state index is -5.04. The van der Waals surface area contributed by atoms with Crippen LogP contribution in [0.5, 0.6) is 5.75 Å². The summed E-state index contributed by atoms with van der Waals surface area (Å²) in [7, 11) is -2.23. The van der Waals surface area contributed by atoms with E-state index in [4.69, 9.17) is 10.3 Å². The first kappa shape index (κ1) is 25.8. The summed E-state index contributed by atoms with van der Waals surface area (Å²) in [6.07, 6.45) is -1.73.